The molecule has 0 saturated heterocycles. The van der Waals surface area contributed by atoms with Crippen molar-refractivity contribution in [1.82, 2.24) is 15.6 Å². The predicted molar refractivity (Wildman–Crippen MR) is 106 cm³/mol. The highest BCUT2D eigenvalue weighted by Crippen LogP contribution is 2.11. The molecule has 1 heterocycles. The summed E-state index contributed by atoms with van der Waals surface area (Å²) in [5, 5.41) is 5.66. The zero-order valence-electron chi connectivity index (χ0n) is 15.5. The first-order valence-corrected chi connectivity index (χ1v) is 8.85. The zero-order chi connectivity index (χ0) is 19.8. The summed E-state index contributed by atoms with van der Waals surface area (Å²) in [6.45, 7) is 0.715. The number of methoxy groups -OCH3 is 1. The maximum absolute atomic E-state index is 12.4. The first kappa shape index (κ1) is 19.1. The van der Waals surface area contributed by atoms with Gasteiger partial charge in [-0.2, -0.15) is 0 Å². The van der Waals surface area contributed by atoms with Crippen LogP contribution in [0.25, 0.3) is 0 Å². The molecule has 0 fully saturated rings. The lowest BCUT2D eigenvalue weighted by atomic mass is 10.1. The molecule has 0 spiro atoms. The lowest BCUT2D eigenvalue weighted by molar-refractivity contribution is 0.0950. The number of hydrogen-bond donors (Lipinski definition) is 2. The minimum Gasteiger partial charge on any atom is -0.497 e. The molecule has 0 radical (unpaired) electrons. The van der Waals surface area contributed by atoms with Crippen LogP contribution in [0.15, 0.2) is 72.9 Å². The Morgan fingerprint density at radius 3 is 2.14 bits per heavy atom. The molecule has 3 rings (SSSR count). The largest absolute Gasteiger partial charge is 0.497 e. The van der Waals surface area contributed by atoms with Gasteiger partial charge in [0.1, 0.15) is 5.75 Å². The number of nitrogens with zero attached hydrogens (tertiary/aromatic N) is 1. The highest BCUT2D eigenvalue weighted by molar-refractivity contribution is 5.99. The number of benzene rings is 2. The summed E-state index contributed by atoms with van der Waals surface area (Å²) in [4.78, 5) is 28.9. The number of aromatic nitrogens is 1. The van der Waals surface area contributed by atoms with E-state index in [1.54, 1.807) is 37.6 Å². The zero-order valence-corrected chi connectivity index (χ0v) is 15.5. The fourth-order valence-electron chi connectivity index (χ4n) is 2.61. The highest BCUT2D eigenvalue weighted by Gasteiger charge is 2.10. The second kappa shape index (κ2) is 9.32. The number of ether oxygens (including phenoxy) is 1. The van der Waals surface area contributed by atoms with E-state index in [2.05, 4.69) is 15.6 Å². The van der Waals surface area contributed by atoms with Gasteiger partial charge in [-0.05, 0) is 48.0 Å². The Morgan fingerprint density at radius 2 is 1.54 bits per heavy atom. The summed E-state index contributed by atoms with van der Waals surface area (Å²) in [7, 11) is 1.61. The average molecular weight is 375 g/mol. The van der Waals surface area contributed by atoms with Gasteiger partial charge in [-0.15, -0.1) is 0 Å². The molecule has 6 heteroatoms. The molecule has 0 aliphatic rings. The van der Waals surface area contributed by atoms with Crippen molar-refractivity contribution in [2.45, 2.75) is 13.1 Å². The number of pyridine rings is 1. The molecule has 2 aromatic carbocycles. The van der Waals surface area contributed by atoms with E-state index in [0.717, 1.165) is 17.0 Å². The van der Waals surface area contributed by atoms with Gasteiger partial charge in [0, 0.05) is 23.9 Å². The Labute approximate surface area is 163 Å². The summed E-state index contributed by atoms with van der Waals surface area (Å²) >= 11 is 0. The third-order valence-electron chi connectivity index (χ3n) is 4.16. The van der Waals surface area contributed by atoms with Crippen LogP contribution < -0.4 is 15.4 Å². The molecular weight excluding hydrogens is 354 g/mol. The van der Waals surface area contributed by atoms with E-state index in [0.29, 0.717) is 24.2 Å². The first-order valence-electron chi connectivity index (χ1n) is 8.85. The van der Waals surface area contributed by atoms with E-state index < -0.39 is 0 Å². The summed E-state index contributed by atoms with van der Waals surface area (Å²) in [5.41, 5.74) is 2.58. The number of rotatable bonds is 7. The number of carbonyl (C=O) groups is 2. The smallest absolute Gasteiger partial charge is 0.251 e. The van der Waals surface area contributed by atoms with Crippen LogP contribution in [0, 0.1) is 0 Å². The molecule has 0 unspecified atom stereocenters. The third kappa shape index (κ3) is 5.17. The Bertz CT molecular complexity index is 941. The van der Waals surface area contributed by atoms with E-state index in [1.165, 1.54) is 0 Å². The maximum atomic E-state index is 12.4. The Balaban J connectivity index is 1.58. The van der Waals surface area contributed by atoms with Gasteiger partial charge in [0.2, 0.25) is 0 Å². The average Bonchev–Trinajstić information content (AvgIpc) is 2.77. The van der Waals surface area contributed by atoms with Crippen LogP contribution in [0.2, 0.25) is 0 Å². The van der Waals surface area contributed by atoms with Gasteiger partial charge in [0.25, 0.3) is 11.8 Å². The molecule has 1 aromatic heterocycles. The minimum atomic E-state index is -0.254. The standard InChI is InChI=1S/C22H21N3O3/c1-28-20-10-8-16(9-11-20)14-24-21(26)17-5-4-6-18(13-17)22(27)25-15-19-7-2-3-12-23-19/h2-13H,14-15H2,1H3,(H,24,26)(H,25,27). The quantitative estimate of drug-likeness (QED) is 0.665. The van der Waals surface area contributed by atoms with Crippen LogP contribution in [-0.4, -0.2) is 23.9 Å². The van der Waals surface area contributed by atoms with Gasteiger partial charge < -0.3 is 15.4 Å². The predicted octanol–water partition coefficient (Wildman–Crippen LogP) is 2.95. The fraction of sp³-hybridized carbons (Fsp3) is 0.136. The highest BCUT2D eigenvalue weighted by atomic mass is 16.5. The first-order chi connectivity index (χ1) is 13.7. The molecular formula is C22H21N3O3. The van der Waals surface area contributed by atoms with Crippen molar-refractivity contribution >= 4 is 11.8 Å². The summed E-state index contributed by atoms with van der Waals surface area (Å²) in [6, 6.07) is 19.6. The van der Waals surface area contributed by atoms with E-state index in [-0.39, 0.29) is 11.8 Å². The van der Waals surface area contributed by atoms with E-state index in [1.807, 2.05) is 42.5 Å². The SMILES string of the molecule is COc1ccc(CNC(=O)c2cccc(C(=O)NCc3ccccn3)c2)cc1. The molecule has 6 nitrogen and oxygen atoms in total. The molecule has 2 amide bonds. The van der Waals surface area contributed by atoms with Crippen LogP contribution in [-0.2, 0) is 13.1 Å². The molecule has 0 aliphatic heterocycles. The third-order valence-corrected chi connectivity index (χ3v) is 4.16. The molecule has 2 N–H and O–H groups in total. The van der Waals surface area contributed by atoms with Gasteiger partial charge in [-0.25, -0.2) is 0 Å². The van der Waals surface area contributed by atoms with Crippen LogP contribution in [0.1, 0.15) is 32.0 Å². The van der Waals surface area contributed by atoms with Crippen molar-refractivity contribution in [3.63, 3.8) is 0 Å². The number of carbonyl (C=O) groups excluding carboxylic acids is 2. The number of nitrogens with one attached hydrogen (secondary N) is 2. The maximum Gasteiger partial charge on any atom is 0.251 e. The molecule has 0 aliphatic carbocycles. The van der Waals surface area contributed by atoms with Gasteiger partial charge in [0.05, 0.1) is 19.3 Å². The molecule has 0 saturated carbocycles. The van der Waals surface area contributed by atoms with Gasteiger partial charge in [-0.1, -0.05) is 24.3 Å². The van der Waals surface area contributed by atoms with E-state index >= 15 is 0 Å². The summed E-state index contributed by atoms with van der Waals surface area (Å²) in [5.74, 6) is 0.269. The van der Waals surface area contributed by atoms with Crippen LogP contribution in [0.3, 0.4) is 0 Å². The topological polar surface area (TPSA) is 80.3 Å². The second-order valence-electron chi connectivity index (χ2n) is 6.12. The van der Waals surface area contributed by atoms with E-state index in [4.69, 9.17) is 4.74 Å². The van der Waals surface area contributed by atoms with Crippen molar-refractivity contribution in [2.24, 2.45) is 0 Å². The van der Waals surface area contributed by atoms with Crippen LogP contribution in [0.4, 0.5) is 0 Å². The van der Waals surface area contributed by atoms with Crippen molar-refractivity contribution < 1.29 is 14.3 Å². The fourth-order valence-corrected chi connectivity index (χ4v) is 2.61. The van der Waals surface area contributed by atoms with Crippen molar-refractivity contribution in [3.05, 3.63) is 95.3 Å². The molecule has 142 valence electrons. The minimum absolute atomic E-state index is 0.241. The van der Waals surface area contributed by atoms with Crippen molar-refractivity contribution in [2.75, 3.05) is 7.11 Å². The normalized spacial score (nSPS) is 10.2. The van der Waals surface area contributed by atoms with Crippen LogP contribution >= 0.6 is 0 Å². The molecule has 3 aromatic rings. The number of amides is 2. The van der Waals surface area contributed by atoms with Gasteiger partial charge in [0.15, 0.2) is 0 Å². The van der Waals surface area contributed by atoms with Crippen LogP contribution in [0.5, 0.6) is 5.75 Å². The molecule has 0 atom stereocenters. The lowest BCUT2D eigenvalue weighted by Gasteiger charge is -2.08. The van der Waals surface area contributed by atoms with Gasteiger partial charge >= 0.3 is 0 Å². The Kier molecular flexibility index (Phi) is 6.36. The summed E-state index contributed by atoms with van der Waals surface area (Å²) in [6.07, 6.45) is 1.68. The lowest BCUT2D eigenvalue weighted by Crippen LogP contribution is -2.25. The molecule has 28 heavy (non-hydrogen) atoms. The van der Waals surface area contributed by atoms with Crippen molar-refractivity contribution in [3.8, 4) is 5.75 Å². The molecule has 0 bridgehead atoms. The van der Waals surface area contributed by atoms with Gasteiger partial charge in [-0.3, -0.25) is 14.6 Å². The van der Waals surface area contributed by atoms with Crippen molar-refractivity contribution in [1.29, 1.82) is 0 Å². The Hall–Kier alpha value is -3.67. The second-order valence-corrected chi connectivity index (χ2v) is 6.12. The monoisotopic (exact) mass is 375 g/mol. The summed E-state index contributed by atoms with van der Waals surface area (Å²) < 4.78 is 5.12. The number of hydrogen-bond acceptors (Lipinski definition) is 4. The Morgan fingerprint density at radius 1 is 0.857 bits per heavy atom. The van der Waals surface area contributed by atoms with E-state index in [9.17, 15) is 9.59 Å².